The van der Waals surface area contributed by atoms with Crippen molar-refractivity contribution >= 4 is 17.3 Å². The fourth-order valence-corrected chi connectivity index (χ4v) is 2.74. The summed E-state index contributed by atoms with van der Waals surface area (Å²) >= 11 is 1.53. The maximum absolute atomic E-state index is 11.4. The number of carboxylic acids is 1. The highest BCUT2D eigenvalue weighted by molar-refractivity contribution is 7.08. The van der Waals surface area contributed by atoms with Crippen LogP contribution in [0.3, 0.4) is 0 Å². The first-order valence-corrected chi connectivity index (χ1v) is 6.44. The average molecular weight is 246 g/mol. The molecule has 0 saturated heterocycles. The molecule has 0 fully saturated rings. The van der Waals surface area contributed by atoms with Gasteiger partial charge in [0.05, 0.1) is 5.92 Å². The SMILES string of the molecule is CC(c1ccccc1)C(C(=O)O)c1ccsc1. The van der Waals surface area contributed by atoms with E-state index >= 15 is 0 Å². The molecular formula is C14H14O2S. The first-order valence-electron chi connectivity index (χ1n) is 5.50. The van der Waals surface area contributed by atoms with E-state index in [1.54, 1.807) is 0 Å². The van der Waals surface area contributed by atoms with Gasteiger partial charge in [-0.1, -0.05) is 37.3 Å². The largest absolute Gasteiger partial charge is 0.481 e. The van der Waals surface area contributed by atoms with Crippen LogP contribution >= 0.6 is 11.3 Å². The van der Waals surface area contributed by atoms with E-state index in [9.17, 15) is 9.90 Å². The molecule has 2 unspecified atom stereocenters. The zero-order valence-corrected chi connectivity index (χ0v) is 10.4. The number of rotatable bonds is 4. The van der Waals surface area contributed by atoms with E-state index < -0.39 is 11.9 Å². The zero-order chi connectivity index (χ0) is 12.3. The lowest BCUT2D eigenvalue weighted by molar-refractivity contribution is -0.139. The van der Waals surface area contributed by atoms with Crippen LogP contribution in [-0.2, 0) is 4.79 Å². The minimum Gasteiger partial charge on any atom is -0.481 e. The lowest BCUT2D eigenvalue weighted by atomic mass is 9.84. The van der Waals surface area contributed by atoms with E-state index in [2.05, 4.69) is 0 Å². The van der Waals surface area contributed by atoms with Gasteiger partial charge in [0.2, 0.25) is 0 Å². The number of hydrogen-bond donors (Lipinski definition) is 1. The van der Waals surface area contributed by atoms with Gasteiger partial charge in [0.1, 0.15) is 0 Å². The minimum absolute atomic E-state index is 0.0247. The Balaban J connectivity index is 2.32. The normalized spacial score (nSPS) is 14.2. The molecule has 0 aliphatic carbocycles. The standard InChI is InChI=1S/C14H14O2S/c1-10(11-5-3-2-4-6-11)13(14(15)16)12-7-8-17-9-12/h2-10,13H,1H3,(H,15,16). The number of aliphatic carboxylic acids is 1. The summed E-state index contributed by atoms with van der Waals surface area (Å²) in [4.78, 5) is 11.4. The number of carboxylic acid groups (broad SMARTS) is 1. The lowest BCUT2D eigenvalue weighted by Gasteiger charge is -2.19. The van der Waals surface area contributed by atoms with Crippen LogP contribution in [0.25, 0.3) is 0 Å². The van der Waals surface area contributed by atoms with Crippen molar-refractivity contribution in [1.82, 2.24) is 0 Å². The van der Waals surface area contributed by atoms with Crippen molar-refractivity contribution in [2.24, 2.45) is 0 Å². The van der Waals surface area contributed by atoms with Crippen LogP contribution in [0.2, 0.25) is 0 Å². The van der Waals surface area contributed by atoms with Gasteiger partial charge in [-0.3, -0.25) is 4.79 Å². The highest BCUT2D eigenvalue weighted by Gasteiger charge is 2.27. The van der Waals surface area contributed by atoms with Gasteiger partial charge in [-0.05, 0) is 33.9 Å². The third-order valence-corrected chi connectivity index (χ3v) is 3.70. The topological polar surface area (TPSA) is 37.3 Å². The summed E-state index contributed by atoms with van der Waals surface area (Å²) in [5.74, 6) is -1.26. The molecule has 2 atom stereocenters. The van der Waals surface area contributed by atoms with Gasteiger partial charge in [0, 0.05) is 0 Å². The van der Waals surface area contributed by atoms with Crippen molar-refractivity contribution in [2.75, 3.05) is 0 Å². The fraction of sp³-hybridized carbons (Fsp3) is 0.214. The Morgan fingerprint density at radius 2 is 1.88 bits per heavy atom. The number of hydrogen-bond acceptors (Lipinski definition) is 2. The predicted octanol–water partition coefficient (Wildman–Crippen LogP) is 3.72. The maximum atomic E-state index is 11.4. The van der Waals surface area contributed by atoms with Gasteiger partial charge in [-0.2, -0.15) is 11.3 Å². The minimum atomic E-state index is -0.764. The summed E-state index contributed by atoms with van der Waals surface area (Å²) in [6.07, 6.45) is 0. The molecule has 3 heteroatoms. The smallest absolute Gasteiger partial charge is 0.311 e. The van der Waals surface area contributed by atoms with Gasteiger partial charge in [-0.15, -0.1) is 0 Å². The second-order valence-corrected chi connectivity index (χ2v) is 4.85. The van der Waals surface area contributed by atoms with Crippen LogP contribution in [0.5, 0.6) is 0 Å². The highest BCUT2D eigenvalue weighted by atomic mass is 32.1. The molecule has 2 rings (SSSR count). The Morgan fingerprint density at radius 1 is 1.18 bits per heavy atom. The molecule has 0 radical (unpaired) electrons. The molecule has 2 nitrogen and oxygen atoms in total. The van der Waals surface area contributed by atoms with Crippen LogP contribution in [0.15, 0.2) is 47.2 Å². The van der Waals surface area contributed by atoms with Crippen molar-refractivity contribution in [1.29, 1.82) is 0 Å². The van der Waals surface area contributed by atoms with Gasteiger partial charge in [0.15, 0.2) is 0 Å². The van der Waals surface area contributed by atoms with Gasteiger partial charge in [0.25, 0.3) is 0 Å². The van der Waals surface area contributed by atoms with E-state index in [0.29, 0.717) is 0 Å². The monoisotopic (exact) mass is 246 g/mol. The third-order valence-electron chi connectivity index (χ3n) is 2.99. The second-order valence-electron chi connectivity index (χ2n) is 4.07. The number of thiophene rings is 1. The van der Waals surface area contributed by atoms with E-state index in [1.165, 1.54) is 11.3 Å². The van der Waals surface area contributed by atoms with Crippen LogP contribution < -0.4 is 0 Å². The highest BCUT2D eigenvalue weighted by Crippen LogP contribution is 2.33. The number of carbonyl (C=O) groups is 1. The summed E-state index contributed by atoms with van der Waals surface area (Å²) in [6.45, 7) is 1.96. The molecule has 0 aliphatic heterocycles. The van der Waals surface area contributed by atoms with Crippen LogP contribution in [0.4, 0.5) is 0 Å². The molecule has 1 aromatic carbocycles. The van der Waals surface area contributed by atoms with Crippen molar-refractivity contribution in [3.8, 4) is 0 Å². The van der Waals surface area contributed by atoms with E-state index in [1.807, 2.05) is 54.1 Å². The molecule has 1 N–H and O–H groups in total. The van der Waals surface area contributed by atoms with Crippen LogP contribution in [0, 0.1) is 0 Å². The van der Waals surface area contributed by atoms with Crippen molar-refractivity contribution < 1.29 is 9.90 Å². The van der Waals surface area contributed by atoms with Crippen LogP contribution in [0.1, 0.15) is 29.9 Å². The third kappa shape index (κ3) is 2.56. The molecule has 0 amide bonds. The van der Waals surface area contributed by atoms with Crippen molar-refractivity contribution in [3.63, 3.8) is 0 Å². The van der Waals surface area contributed by atoms with E-state index in [-0.39, 0.29) is 5.92 Å². The predicted molar refractivity (Wildman–Crippen MR) is 69.6 cm³/mol. The molecule has 0 aliphatic rings. The average Bonchev–Trinajstić information content (AvgIpc) is 2.83. The molecule has 0 bridgehead atoms. The van der Waals surface area contributed by atoms with Crippen molar-refractivity contribution in [3.05, 3.63) is 58.3 Å². The summed E-state index contributed by atoms with van der Waals surface area (Å²) in [5, 5.41) is 13.2. The summed E-state index contributed by atoms with van der Waals surface area (Å²) < 4.78 is 0. The quantitative estimate of drug-likeness (QED) is 0.892. The lowest BCUT2D eigenvalue weighted by Crippen LogP contribution is -2.17. The molecule has 0 saturated carbocycles. The van der Waals surface area contributed by atoms with E-state index in [0.717, 1.165) is 11.1 Å². The summed E-state index contributed by atoms with van der Waals surface area (Å²) in [6, 6.07) is 11.7. The van der Waals surface area contributed by atoms with Gasteiger partial charge in [-0.25, -0.2) is 0 Å². The Labute approximate surface area is 105 Å². The van der Waals surface area contributed by atoms with Crippen molar-refractivity contribution in [2.45, 2.75) is 18.8 Å². The summed E-state index contributed by atoms with van der Waals surface area (Å²) in [5.41, 5.74) is 1.95. The Hall–Kier alpha value is -1.61. The van der Waals surface area contributed by atoms with Crippen LogP contribution in [-0.4, -0.2) is 11.1 Å². The Morgan fingerprint density at radius 3 is 2.41 bits per heavy atom. The Bertz CT molecular complexity index is 476. The second kappa shape index (κ2) is 5.15. The molecular weight excluding hydrogens is 232 g/mol. The molecule has 17 heavy (non-hydrogen) atoms. The number of benzene rings is 1. The zero-order valence-electron chi connectivity index (χ0n) is 9.54. The molecule has 1 heterocycles. The summed E-state index contributed by atoms with van der Waals surface area (Å²) in [7, 11) is 0. The molecule has 0 spiro atoms. The molecule has 2 aromatic rings. The van der Waals surface area contributed by atoms with Gasteiger partial charge < -0.3 is 5.11 Å². The first kappa shape index (κ1) is 11.9. The first-order chi connectivity index (χ1) is 8.20. The Kier molecular flexibility index (Phi) is 3.59. The maximum Gasteiger partial charge on any atom is 0.311 e. The molecule has 1 aromatic heterocycles. The fourth-order valence-electron chi connectivity index (χ4n) is 2.05. The molecule has 88 valence electrons. The van der Waals surface area contributed by atoms with Gasteiger partial charge >= 0.3 is 5.97 Å². The van der Waals surface area contributed by atoms with E-state index in [4.69, 9.17) is 0 Å².